The Bertz CT molecular complexity index is 978. The van der Waals surface area contributed by atoms with Gasteiger partial charge in [-0.05, 0) is 55.8 Å². The Morgan fingerprint density at radius 2 is 1.64 bits per heavy atom. The minimum absolute atomic E-state index is 0.0787. The van der Waals surface area contributed by atoms with Crippen molar-refractivity contribution in [3.05, 3.63) is 0 Å². The van der Waals surface area contributed by atoms with Gasteiger partial charge in [0.2, 0.25) is 17.6 Å². The van der Waals surface area contributed by atoms with Gasteiger partial charge in [-0.15, -0.1) is 0 Å². The first kappa shape index (κ1) is 27.9. The molecule has 3 unspecified atom stereocenters. The smallest absolute Gasteiger partial charge is 0.315 e. The molecule has 10 nitrogen and oxygen atoms in total. The molecule has 5 N–H and O–H groups in total. The summed E-state index contributed by atoms with van der Waals surface area (Å²) in [6.45, 7) is 17.5. The monoisotopic (exact) mass is 505 g/mol. The average molecular weight is 506 g/mol. The summed E-state index contributed by atoms with van der Waals surface area (Å²) in [5.41, 5.74) is 2.75. The van der Waals surface area contributed by atoms with Gasteiger partial charge in [-0.3, -0.25) is 19.2 Å². The second-order valence-electron chi connectivity index (χ2n) is 13.5. The van der Waals surface area contributed by atoms with Crippen LogP contribution in [0.15, 0.2) is 0 Å². The van der Waals surface area contributed by atoms with Gasteiger partial charge in [-0.1, -0.05) is 48.0 Å². The van der Waals surface area contributed by atoms with E-state index in [1.54, 1.807) is 4.90 Å². The predicted molar refractivity (Wildman–Crippen MR) is 134 cm³/mol. The van der Waals surface area contributed by atoms with E-state index in [4.69, 9.17) is 5.73 Å². The number of hydrogen-bond donors (Lipinski definition) is 4. The molecule has 0 aromatic carbocycles. The number of nitrogens with one attached hydrogen (secondary N) is 3. The first-order valence-corrected chi connectivity index (χ1v) is 12.8. The topological polar surface area (TPSA) is 151 Å². The number of Topliss-reactive ketones (excluding diaryl/α,β-unsaturated/α-hetero) is 1. The second-order valence-corrected chi connectivity index (χ2v) is 13.5. The standard InChI is InChI=1S/C26H43N5O5/c1-10-13-11-26(13,18(32)19(27)33)29-20(34)16-15-14(25(15,8)9)12-31(16)21(35)17(23(2,3)4)28-22(36)30-24(5,6)7/h13-17H,10-12H2,1-9H3,(H2,27,33)(H,29,34)(H2,28,30,36)/t13?,14?,15?,16-,17+,26-/m0/s1. The fourth-order valence-corrected chi connectivity index (χ4v) is 5.96. The van der Waals surface area contributed by atoms with E-state index in [0.29, 0.717) is 19.4 Å². The number of primary amides is 1. The zero-order valence-electron chi connectivity index (χ0n) is 23.1. The minimum Gasteiger partial charge on any atom is -0.363 e. The Kier molecular flexibility index (Phi) is 6.77. The highest BCUT2D eigenvalue weighted by atomic mass is 16.2. The van der Waals surface area contributed by atoms with Crippen molar-refractivity contribution in [1.82, 2.24) is 20.9 Å². The van der Waals surface area contributed by atoms with E-state index in [1.165, 1.54) is 0 Å². The van der Waals surface area contributed by atoms with Crippen LogP contribution in [0.5, 0.6) is 0 Å². The van der Waals surface area contributed by atoms with Gasteiger partial charge in [0.05, 0.1) is 0 Å². The molecule has 0 aromatic rings. The number of likely N-dealkylation sites (tertiary alicyclic amines) is 1. The van der Waals surface area contributed by atoms with Gasteiger partial charge in [-0.2, -0.15) is 0 Å². The summed E-state index contributed by atoms with van der Waals surface area (Å²) in [4.78, 5) is 66.2. The number of urea groups is 1. The van der Waals surface area contributed by atoms with E-state index in [2.05, 4.69) is 29.8 Å². The van der Waals surface area contributed by atoms with E-state index < -0.39 is 52.2 Å². The van der Waals surface area contributed by atoms with Crippen molar-refractivity contribution in [1.29, 1.82) is 0 Å². The molecule has 5 amide bonds. The number of rotatable bonds is 7. The van der Waals surface area contributed by atoms with Gasteiger partial charge in [0.25, 0.3) is 5.91 Å². The van der Waals surface area contributed by atoms with Crippen LogP contribution in [0, 0.1) is 28.6 Å². The van der Waals surface area contributed by atoms with Crippen molar-refractivity contribution < 1.29 is 24.0 Å². The maximum absolute atomic E-state index is 13.9. The van der Waals surface area contributed by atoms with Crippen LogP contribution >= 0.6 is 0 Å². The van der Waals surface area contributed by atoms with Crippen molar-refractivity contribution in [3.8, 4) is 0 Å². The Morgan fingerprint density at radius 1 is 1.06 bits per heavy atom. The third kappa shape index (κ3) is 4.95. The van der Waals surface area contributed by atoms with Crippen molar-refractivity contribution in [2.24, 2.45) is 34.3 Å². The van der Waals surface area contributed by atoms with Gasteiger partial charge in [-0.25, -0.2) is 4.79 Å². The highest BCUT2D eigenvalue weighted by molar-refractivity contribution is 6.40. The molecule has 0 bridgehead atoms. The Labute approximate surface area is 213 Å². The van der Waals surface area contributed by atoms with Crippen molar-refractivity contribution in [2.45, 2.75) is 98.3 Å². The summed E-state index contributed by atoms with van der Waals surface area (Å²) in [6.07, 6.45) is 0.970. The van der Waals surface area contributed by atoms with Crippen LogP contribution in [0.2, 0.25) is 0 Å². The molecule has 3 aliphatic rings. The Balaban J connectivity index is 1.87. The summed E-state index contributed by atoms with van der Waals surface area (Å²) in [5.74, 6) is -2.77. The molecule has 2 aliphatic carbocycles. The fourth-order valence-electron chi connectivity index (χ4n) is 5.96. The number of piperidine rings is 1. The molecule has 3 rings (SSSR count). The highest BCUT2D eigenvalue weighted by Crippen LogP contribution is 2.65. The lowest BCUT2D eigenvalue weighted by molar-refractivity contribution is -0.145. The van der Waals surface area contributed by atoms with Crippen LogP contribution in [0.1, 0.15) is 75.2 Å². The van der Waals surface area contributed by atoms with Gasteiger partial charge >= 0.3 is 6.03 Å². The molecule has 0 spiro atoms. The average Bonchev–Trinajstić information content (AvgIpc) is 3.46. The van der Waals surface area contributed by atoms with E-state index in [9.17, 15) is 24.0 Å². The molecule has 36 heavy (non-hydrogen) atoms. The largest absolute Gasteiger partial charge is 0.363 e. The summed E-state index contributed by atoms with van der Waals surface area (Å²) in [7, 11) is 0. The normalized spacial score (nSPS) is 31.1. The van der Waals surface area contributed by atoms with Crippen LogP contribution in [0.3, 0.4) is 0 Å². The van der Waals surface area contributed by atoms with Crippen LogP contribution < -0.4 is 21.7 Å². The molecule has 0 aromatic heterocycles. The van der Waals surface area contributed by atoms with Gasteiger partial charge in [0, 0.05) is 12.1 Å². The number of hydrogen-bond acceptors (Lipinski definition) is 5. The molecule has 1 aliphatic heterocycles. The number of nitrogens with two attached hydrogens (primary N) is 1. The minimum atomic E-state index is -1.29. The van der Waals surface area contributed by atoms with Crippen LogP contribution in [-0.4, -0.2) is 64.1 Å². The summed E-state index contributed by atoms with van der Waals surface area (Å²) >= 11 is 0. The van der Waals surface area contributed by atoms with Crippen molar-refractivity contribution in [2.75, 3.05) is 6.54 Å². The van der Waals surface area contributed by atoms with Crippen molar-refractivity contribution >= 4 is 29.5 Å². The van der Waals surface area contributed by atoms with Crippen LogP contribution in [0.25, 0.3) is 0 Å². The summed E-state index contributed by atoms with van der Waals surface area (Å²) in [5, 5.41) is 8.48. The number of amides is 5. The zero-order chi connectivity index (χ0) is 27.6. The fraction of sp³-hybridized carbons (Fsp3) is 0.808. The SMILES string of the molecule is CCC1C[C@@]1(NC(=O)[C@@H]1C2C(CN1C(=O)[C@@H](NC(=O)NC(C)(C)C)C(C)(C)C)C2(C)C)C(=O)C(N)=O. The maximum Gasteiger partial charge on any atom is 0.315 e. The molecular weight excluding hydrogens is 462 g/mol. The zero-order valence-corrected chi connectivity index (χ0v) is 23.1. The van der Waals surface area contributed by atoms with E-state index in [1.807, 2.05) is 48.5 Å². The lowest BCUT2D eigenvalue weighted by atomic mass is 9.85. The second kappa shape index (κ2) is 8.73. The Morgan fingerprint density at radius 3 is 2.08 bits per heavy atom. The third-order valence-corrected chi connectivity index (χ3v) is 8.21. The number of carbonyl (C=O) groups excluding carboxylic acids is 5. The molecule has 1 heterocycles. The molecule has 1 saturated heterocycles. The van der Waals surface area contributed by atoms with Gasteiger partial charge in [0.1, 0.15) is 17.6 Å². The molecule has 6 atom stereocenters. The first-order chi connectivity index (χ1) is 16.3. The predicted octanol–water partition coefficient (Wildman–Crippen LogP) is 1.32. The van der Waals surface area contributed by atoms with E-state index in [-0.39, 0.29) is 29.1 Å². The highest BCUT2D eigenvalue weighted by Gasteiger charge is 2.71. The molecule has 2 saturated carbocycles. The number of carbonyl (C=O) groups is 5. The number of fused-ring (bicyclic) bond motifs is 1. The molecular formula is C26H43N5O5. The van der Waals surface area contributed by atoms with Crippen molar-refractivity contribution in [3.63, 3.8) is 0 Å². The number of ketones is 1. The maximum atomic E-state index is 13.9. The number of nitrogens with zero attached hydrogens (tertiary/aromatic N) is 1. The van der Waals surface area contributed by atoms with Crippen LogP contribution in [0.4, 0.5) is 4.79 Å². The lowest BCUT2D eigenvalue weighted by Crippen LogP contribution is -2.62. The molecule has 0 radical (unpaired) electrons. The summed E-state index contributed by atoms with van der Waals surface area (Å²) in [6, 6.07) is -2.14. The van der Waals surface area contributed by atoms with Gasteiger partial charge < -0.3 is 26.6 Å². The van der Waals surface area contributed by atoms with Gasteiger partial charge in [0.15, 0.2) is 0 Å². The molecule has 3 fully saturated rings. The Hall–Kier alpha value is -2.65. The summed E-state index contributed by atoms with van der Waals surface area (Å²) < 4.78 is 0. The molecule has 10 heteroatoms. The van der Waals surface area contributed by atoms with E-state index in [0.717, 1.165) is 0 Å². The lowest BCUT2D eigenvalue weighted by Gasteiger charge is -2.38. The third-order valence-electron chi connectivity index (χ3n) is 8.21. The quantitative estimate of drug-likeness (QED) is 0.385. The molecule has 202 valence electrons. The van der Waals surface area contributed by atoms with Crippen LogP contribution in [-0.2, 0) is 19.2 Å². The first-order valence-electron chi connectivity index (χ1n) is 12.8. The van der Waals surface area contributed by atoms with E-state index >= 15 is 0 Å².